The Balaban J connectivity index is 2.07. The maximum atomic E-state index is 8.87. The molecule has 2 N–H and O–H groups in total. The molecule has 5 heteroatoms. The van der Waals surface area contributed by atoms with Gasteiger partial charge in [0.1, 0.15) is 6.61 Å². The van der Waals surface area contributed by atoms with E-state index in [2.05, 4.69) is 38.2 Å². The zero-order valence-corrected chi connectivity index (χ0v) is 14.9. The number of rotatable bonds is 8. The van der Waals surface area contributed by atoms with Gasteiger partial charge in [-0.2, -0.15) is 0 Å². The first-order chi connectivity index (χ1) is 11.0. The predicted octanol–water partition coefficient (Wildman–Crippen LogP) is 3.85. The molecule has 0 fully saturated rings. The normalized spacial score (nSPS) is 13.6. The van der Waals surface area contributed by atoms with Crippen molar-refractivity contribution in [3.8, 4) is 11.5 Å². The summed E-state index contributed by atoms with van der Waals surface area (Å²) in [7, 11) is 1.63. The lowest BCUT2D eigenvalue weighted by molar-refractivity contribution is 0.196. The molecule has 0 aliphatic heterocycles. The number of methoxy groups -OCH3 is 1. The van der Waals surface area contributed by atoms with Crippen molar-refractivity contribution in [2.75, 3.05) is 20.3 Å². The number of aliphatic hydroxyl groups is 1. The molecule has 0 bridgehead atoms. The molecule has 23 heavy (non-hydrogen) atoms. The SMILES string of the molecule is COc1cc(C(C)NC(C)c2ccc(C)s2)ccc1OCCO. The van der Waals surface area contributed by atoms with Crippen LogP contribution in [0.4, 0.5) is 0 Å². The van der Waals surface area contributed by atoms with Crippen LogP contribution in [-0.4, -0.2) is 25.4 Å². The van der Waals surface area contributed by atoms with Crippen molar-refractivity contribution in [3.63, 3.8) is 0 Å². The minimum atomic E-state index is -0.0133. The average Bonchev–Trinajstić information content (AvgIpc) is 2.99. The fraction of sp³-hybridized carbons (Fsp3) is 0.444. The summed E-state index contributed by atoms with van der Waals surface area (Å²) in [5.41, 5.74) is 1.14. The first kappa shape index (κ1) is 17.8. The lowest BCUT2D eigenvalue weighted by atomic mass is 10.1. The van der Waals surface area contributed by atoms with Gasteiger partial charge in [-0.1, -0.05) is 6.07 Å². The molecule has 1 aromatic heterocycles. The van der Waals surface area contributed by atoms with Gasteiger partial charge in [0, 0.05) is 21.8 Å². The predicted molar refractivity (Wildman–Crippen MR) is 94.6 cm³/mol. The van der Waals surface area contributed by atoms with Crippen LogP contribution >= 0.6 is 11.3 Å². The number of hydrogen-bond donors (Lipinski definition) is 2. The van der Waals surface area contributed by atoms with E-state index in [1.807, 2.05) is 29.5 Å². The van der Waals surface area contributed by atoms with Crippen molar-refractivity contribution >= 4 is 11.3 Å². The van der Waals surface area contributed by atoms with E-state index in [9.17, 15) is 0 Å². The molecule has 1 heterocycles. The van der Waals surface area contributed by atoms with Gasteiger partial charge in [0.05, 0.1) is 13.7 Å². The lowest BCUT2D eigenvalue weighted by Crippen LogP contribution is -2.21. The molecule has 0 radical (unpaired) electrons. The monoisotopic (exact) mass is 335 g/mol. The molecule has 4 nitrogen and oxygen atoms in total. The third-order valence-corrected chi connectivity index (χ3v) is 4.91. The highest BCUT2D eigenvalue weighted by atomic mass is 32.1. The zero-order chi connectivity index (χ0) is 16.8. The van der Waals surface area contributed by atoms with Crippen LogP contribution in [0.1, 0.15) is 41.2 Å². The van der Waals surface area contributed by atoms with Gasteiger partial charge in [-0.3, -0.25) is 0 Å². The number of thiophene rings is 1. The van der Waals surface area contributed by atoms with Gasteiger partial charge in [-0.25, -0.2) is 0 Å². The molecule has 2 rings (SSSR count). The third-order valence-electron chi connectivity index (χ3n) is 3.72. The van der Waals surface area contributed by atoms with E-state index in [1.54, 1.807) is 7.11 Å². The van der Waals surface area contributed by atoms with Crippen molar-refractivity contribution in [1.29, 1.82) is 0 Å². The first-order valence-corrected chi connectivity index (χ1v) is 8.60. The minimum Gasteiger partial charge on any atom is -0.493 e. The third kappa shape index (κ3) is 4.70. The van der Waals surface area contributed by atoms with Crippen LogP contribution in [0.25, 0.3) is 0 Å². The summed E-state index contributed by atoms with van der Waals surface area (Å²) in [6.45, 7) is 6.69. The van der Waals surface area contributed by atoms with Crippen molar-refractivity contribution < 1.29 is 14.6 Å². The Kier molecular flexibility index (Phi) is 6.45. The first-order valence-electron chi connectivity index (χ1n) is 7.79. The van der Waals surface area contributed by atoms with E-state index >= 15 is 0 Å². The molecule has 126 valence electrons. The Labute approximate surface area is 142 Å². The smallest absolute Gasteiger partial charge is 0.161 e. The second-order valence-electron chi connectivity index (χ2n) is 5.54. The van der Waals surface area contributed by atoms with E-state index < -0.39 is 0 Å². The van der Waals surface area contributed by atoms with E-state index in [-0.39, 0.29) is 19.3 Å². The van der Waals surface area contributed by atoms with E-state index in [1.165, 1.54) is 9.75 Å². The van der Waals surface area contributed by atoms with Crippen LogP contribution in [0.3, 0.4) is 0 Å². The molecular formula is C18H25NO3S. The highest BCUT2D eigenvalue weighted by Gasteiger charge is 2.15. The van der Waals surface area contributed by atoms with Gasteiger partial charge in [0.2, 0.25) is 0 Å². The van der Waals surface area contributed by atoms with Gasteiger partial charge in [-0.05, 0) is 50.6 Å². The molecular weight excluding hydrogens is 310 g/mol. The number of hydrogen-bond acceptors (Lipinski definition) is 5. The molecule has 0 amide bonds. The van der Waals surface area contributed by atoms with Crippen LogP contribution in [-0.2, 0) is 0 Å². The van der Waals surface area contributed by atoms with E-state index in [0.29, 0.717) is 17.5 Å². The quantitative estimate of drug-likeness (QED) is 0.769. The van der Waals surface area contributed by atoms with Gasteiger partial charge in [0.25, 0.3) is 0 Å². The Morgan fingerprint density at radius 1 is 1.13 bits per heavy atom. The number of aryl methyl sites for hydroxylation is 1. The number of benzene rings is 1. The van der Waals surface area contributed by atoms with Gasteiger partial charge >= 0.3 is 0 Å². The summed E-state index contributed by atoms with van der Waals surface area (Å²) in [6, 6.07) is 10.7. The molecule has 2 atom stereocenters. The topological polar surface area (TPSA) is 50.7 Å². The van der Waals surface area contributed by atoms with Crippen LogP contribution in [0, 0.1) is 6.92 Å². The standard InChI is InChI=1S/C18H25NO3S/c1-12-5-8-18(23-12)14(3)19-13(2)15-6-7-16(22-10-9-20)17(11-15)21-4/h5-8,11,13-14,19-20H,9-10H2,1-4H3. The summed E-state index contributed by atoms with van der Waals surface area (Å²) in [5, 5.41) is 12.5. The van der Waals surface area contributed by atoms with E-state index in [4.69, 9.17) is 14.6 Å². The van der Waals surface area contributed by atoms with Crippen LogP contribution < -0.4 is 14.8 Å². The fourth-order valence-electron chi connectivity index (χ4n) is 2.47. The van der Waals surface area contributed by atoms with Crippen LogP contribution in [0.5, 0.6) is 11.5 Å². The maximum Gasteiger partial charge on any atom is 0.161 e. The molecule has 0 aliphatic carbocycles. The Bertz CT molecular complexity index is 626. The van der Waals surface area contributed by atoms with Crippen molar-refractivity contribution in [2.45, 2.75) is 32.9 Å². The molecule has 2 unspecified atom stereocenters. The molecule has 0 aliphatic rings. The van der Waals surface area contributed by atoms with Crippen molar-refractivity contribution in [2.24, 2.45) is 0 Å². The molecule has 1 aromatic carbocycles. The van der Waals surface area contributed by atoms with Gasteiger partial charge < -0.3 is 19.9 Å². The van der Waals surface area contributed by atoms with Crippen molar-refractivity contribution in [1.82, 2.24) is 5.32 Å². The number of aliphatic hydroxyl groups excluding tert-OH is 1. The van der Waals surface area contributed by atoms with E-state index in [0.717, 1.165) is 5.56 Å². The summed E-state index contributed by atoms with van der Waals surface area (Å²) in [6.07, 6.45) is 0. The van der Waals surface area contributed by atoms with Crippen LogP contribution in [0.2, 0.25) is 0 Å². The number of nitrogens with one attached hydrogen (secondary N) is 1. The summed E-state index contributed by atoms with van der Waals surface area (Å²) in [5.74, 6) is 1.34. The highest BCUT2D eigenvalue weighted by Crippen LogP contribution is 2.31. The Morgan fingerprint density at radius 2 is 1.91 bits per heavy atom. The number of ether oxygens (including phenoxy) is 2. The Hall–Kier alpha value is -1.56. The second kappa shape index (κ2) is 8.34. The molecule has 0 saturated carbocycles. The lowest BCUT2D eigenvalue weighted by Gasteiger charge is -2.21. The zero-order valence-electron chi connectivity index (χ0n) is 14.1. The van der Waals surface area contributed by atoms with Crippen molar-refractivity contribution in [3.05, 3.63) is 45.6 Å². The van der Waals surface area contributed by atoms with Crippen LogP contribution in [0.15, 0.2) is 30.3 Å². The fourth-order valence-corrected chi connectivity index (χ4v) is 3.36. The minimum absolute atomic E-state index is 0.0133. The second-order valence-corrected chi connectivity index (χ2v) is 6.86. The average molecular weight is 335 g/mol. The van der Waals surface area contributed by atoms with Gasteiger partial charge in [-0.15, -0.1) is 11.3 Å². The molecule has 0 saturated heterocycles. The van der Waals surface area contributed by atoms with Gasteiger partial charge in [0.15, 0.2) is 11.5 Å². The Morgan fingerprint density at radius 3 is 2.52 bits per heavy atom. The highest BCUT2D eigenvalue weighted by molar-refractivity contribution is 7.12. The largest absolute Gasteiger partial charge is 0.493 e. The molecule has 2 aromatic rings. The summed E-state index contributed by atoms with van der Waals surface area (Å²) >= 11 is 1.82. The molecule has 0 spiro atoms. The summed E-state index contributed by atoms with van der Waals surface area (Å²) < 4.78 is 10.9. The maximum absolute atomic E-state index is 8.87. The summed E-state index contributed by atoms with van der Waals surface area (Å²) in [4.78, 5) is 2.66.